The van der Waals surface area contributed by atoms with E-state index in [1.165, 1.54) is 32.1 Å². The number of nitrogens with one attached hydrogen (secondary N) is 1. The van der Waals surface area contributed by atoms with Crippen LogP contribution in [0.1, 0.15) is 61.0 Å². The van der Waals surface area contributed by atoms with Crippen molar-refractivity contribution in [2.24, 2.45) is 5.92 Å². The summed E-state index contributed by atoms with van der Waals surface area (Å²) >= 11 is 1.62. The molecule has 1 aliphatic carbocycles. The van der Waals surface area contributed by atoms with Gasteiger partial charge >= 0.3 is 0 Å². The highest BCUT2D eigenvalue weighted by Gasteiger charge is 2.25. The molecule has 3 aromatic rings. The third kappa shape index (κ3) is 5.46. The number of aromatic nitrogens is 2. The Kier molecular flexibility index (Phi) is 7.54. The summed E-state index contributed by atoms with van der Waals surface area (Å²) in [5.74, 6) is 1.45. The van der Waals surface area contributed by atoms with Gasteiger partial charge in [-0.2, -0.15) is 0 Å². The second-order valence-electron chi connectivity index (χ2n) is 9.75. The van der Waals surface area contributed by atoms with E-state index < -0.39 is 0 Å². The van der Waals surface area contributed by atoms with Gasteiger partial charge < -0.3 is 19.4 Å². The molecular weight excluding hydrogens is 458 g/mol. The van der Waals surface area contributed by atoms with Crippen molar-refractivity contribution in [3.8, 4) is 27.7 Å². The molecule has 35 heavy (non-hydrogen) atoms. The van der Waals surface area contributed by atoms with Gasteiger partial charge in [-0.05, 0) is 68.9 Å². The molecule has 1 saturated carbocycles. The van der Waals surface area contributed by atoms with Crippen LogP contribution in [0.3, 0.4) is 0 Å². The van der Waals surface area contributed by atoms with E-state index in [1.54, 1.807) is 18.4 Å². The summed E-state index contributed by atoms with van der Waals surface area (Å²) in [5.41, 5.74) is 4.66. The van der Waals surface area contributed by atoms with Gasteiger partial charge in [-0.1, -0.05) is 19.3 Å². The van der Waals surface area contributed by atoms with E-state index in [4.69, 9.17) is 14.5 Å². The smallest absolute Gasteiger partial charge is 0.253 e. The molecular formula is C28H35N3O3S. The molecule has 2 aromatic heterocycles. The normalized spacial score (nSPS) is 18.6. The largest absolute Gasteiger partial charge is 0.497 e. The summed E-state index contributed by atoms with van der Waals surface area (Å²) in [4.78, 5) is 18.2. The highest BCUT2D eigenvalue weighted by molar-refractivity contribution is 7.13. The molecule has 2 aliphatic rings. The first-order valence-electron chi connectivity index (χ1n) is 12.8. The minimum atomic E-state index is 0.0195. The summed E-state index contributed by atoms with van der Waals surface area (Å²) in [5, 5.41) is 6.26. The van der Waals surface area contributed by atoms with Crippen molar-refractivity contribution >= 4 is 17.2 Å². The fourth-order valence-corrected chi connectivity index (χ4v) is 6.12. The van der Waals surface area contributed by atoms with Gasteiger partial charge in [0.1, 0.15) is 10.8 Å². The van der Waals surface area contributed by atoms with Crippen LogP contribution in [0.4, 0.5) is 0 Å². The number of ether oxygens (including phenoxy) is 2. The Labute approximate surface area is 211 Å². The predicted molar refractivity (Wildman–Crippen MR) is 140 cm³/mol. The maximum Gasteiger partial charge on any atom is 0.253 e. The van der Waals surface area contributed by atoms with Crippen molar-refractivity contribution < 1.29 is 14.3 Å². The fourth-order valence-electron chi connectivity index (χ4n) is 5.30. The van der Waals surface area contributed by atoms with Crippen LogP contribution in [0, 0.1) is 12.8 Å². The van der Waals surface area contributed by atoms with Gasteiger partial charge in [0.2, 0.25) is 0 Å². The van der Waals surface area contributed by atoms with E-state index in [0.717, 1.165) is 71.5 Å². The van der Waals surface area contributed by atoms with Crippen LogP contribution >= 0.6 is 11.3 Å². The lowest BCUT2D eigenvalue weighted by molar-refractivity contribution is 0.0933. The summed E-state index contributed by atoms with van der Waals surface area (Å²) in [6.07, 6.45) is 8.64. The van der Waals surface area contributed by atoms with E-state index in [-0.39, 0.29) is 12.0 Å². The maximum absolute atomic E-state index is 13.2. The Balaban J connectivity index is 1.41. The van der Waals surface area contributed by atoms with Crippen LogP contribution in [-0.2, 0) is 11.3 Å². The van der Waals surface area contributed by atoms with E-state index in [9.17, 15) is 4.79 Å². The molecule has 5 rings (SSSR count). The van der Waals surface area contributed by atoms with Crippen LogP contribution in [0.25, 0.3) is 22.0 Å². The number of carbonyl (C=O) groups excluding carboxylic acids is 1. The van der Waals surface area contributed by atoms with Crippen LogP contribution in [0.2, 0.25) is 0 Å². The molecule has 0 bridgehead atoms. The Morgan fingerprint density at radius 2 is 1.97 bits per heavy atom. The van der Waals surface area contributed by atoms with Gasteiger partial charge in [-0.25, -0.2) is 4.98 Å². The number of hydrogen-bond donors (Lipinski definition) is 1. The molecule has 6 nitrogen and oxygen atoms in total. The average Bonchev–Trinajstić information content (AvgIpc) is 3.65. The molecule has 1 saturated heterocycles. The molecule has 3 heterocycles. The highest BCUT2D eigenvalue weighted by atomic mass is 32.1. The van der Waals surface area contributed by atoms with Crippen LogP contribution < -0.4 is 10.1 Å². The lowest BCUT2D eigenvalue weighted by atomic mass is 9.89. The fraction of sp³-hybridized carbons (Fsp3) is 0.500. The molecule has 1 aliphatic heterocycles. The van der Waals surface area contributed by atoms with Crippen LogP contribution in [0.5, 0.6) is 5.75 Å². The first-order valence-corrected chi connectivity index (χ1v) is 13.7. The SMILES string of the molecule is COc1ccc(-c2nc(-c3cc(C(=O)NCC4CCCCC4)c(C)n3CC3CCCO3)cs2)cc1. The number of nitrogens with zero attached hydrogens (tertiary/aromatic N) is 2. The van der Waals surface area contributed by atoms with Crippen molar-refractivity contribution in [1.82, 2.24) is 14.9 Å². The Hall–Kier alpha value is -2.64. The monoisotopic (exact) mass is 493 g/mol. The Morgan fingerprint density at radius 1 is 1.17 bits per heavy atom. The number of methoxy groups -OCH3 is 1. The zero-order valence-electron chi connectivity index (χ0n) is 20.7. The number of thiazole rings is 1. The van der Waals surface area contributed by atoms with E-state index in [1.807, 2.05) is 37.3 Å². The molecule has 2 fully saturated rings. The van der Waals surface area contributed by atoms with E-state index in [0.29, 0.717) is 5.92 Å². The zero-order chi connectivity index (χ0) is 24.2. The average molecular weight is 494 g/mol. The van der Waals surface area contributed by atoms with Crippen molar-refractivity contribution in [1.29, 1.82) is 0 Å². The van der Waals surface area contributed by atoms with Crippen molar-refractivity contribution in [3.05, 3.63) is 47.0 Å². The van der Waals surface area contributed by atoms with Gasteiger partial charge in [0.25, 0.3) is 5.91 Å². The third-order valence-corrected chi connectivity index (χ3v) is 8.29. The highest BCUT2D eigenvalue weighted by Crippen LogP contribution is 2.33. The van der Waals surface area contributed by atoms with Gasteiger partial charge in [-0.15, -0.1) is 11.3 Å². The molecule has 1 aromatic carbocycles. The van der Waals surface area contributed by atoms with Crippen molar-refractivity contribution in [3.63, 3.8) is 0 Å². The standard InChI is InChI=1S/C28H35N3O3S/c1-19-24(27(32)29-16-20-7-4-3-5-8-20)15-26(31(19)17-23-9-6-14-34-23)25-18-35-28(30-25)21-10-12-22(33-2)13-11-21/h10-13,15,18,20,23H,3-9,14,16-17H2,1-2H3,(H,29,32). The summed E-state index contributed by atoms with van der Waals surface area (Å²) in [6, 6.07) is 9.99. The number of rotatable bonds is 8. The topological polar surface area (TPSA) is 65.4 Å². The van der Waals surface area contributed by atoms with Gasteiger partial charge in [-0.3, -0.25) is 4.79 Å². The van der Waals surface area contributed by atoms with Crippen molar-refractivity contribution in [2.45, 2.75) is 64.5 Å². The minimum absolute atomic E-state index is 0.0195. The number of benzene rings is 1. The Morgan fingerprint density at radius 3 is 2.69 bits per heavy atom. The van der Waals surface area contributed by atoms with Crippen molar-refractivity contribution in [2.75, 3.05) is 20.3 Å². The lowest BCUT2D eigenvalue weighted by Crippen LogP contribution is -2.30. The van der Waals surface area contributed by atoms with Gasteiger partial charge in [0, 0.05) is 36.3 Å². The molecule has 7 heteroatoms. The quantitative estimate of drug-likeness (QED) is 0.413. The molecule has 0 spiro atoms. The summed E-state index contributed by atoms with van der Waals surface area (Å²) in [6.45, 7) is 4.37. The number of amides is 1. The molecule has 1 atom stereocenters. The summed E-state index contributed by atoms with van der Waals surface area (Å²) < 4.78 is 13.5. The van der Waals surface area contributed by atoms with Gasteiger partial charge in [0.05, 0.1) is 30.2 Å². The summed E-state index contributed by atoms with van der Waals surface area (Å²) in [7, 11) is 1.67. The molecule has 0 radical (unpaired) electrons. The predicted octanol–water partition coefficient (Wildman–Crippen LogP) is 6.08. The third-order valence-electron chi connectivity index (χ3n) is 7.40. The minimum Gasteiger partial charge on any atom is -0.497 e. The van der Waals surface area contributed by atoms with Gasteiger partial charge in [0.15, 0.2) is 0 Å². The lowest BCUT2D eigenvalue weighted by Gasteiger charge is -2.21. The number of carbonyl (C=O) groups is 1. The molecule has 1 N–H and O–H groups in total. The van der Waals surface area contributed by atoms with Crippen LogP contribution in [-0.4, -0.2) is 41.8 Å². The zero-order valence-corrected chi connectivity index (χ0v) is 21.5. The molecule has 1 amide bonds. The van der Waals surface area contributed by atoms with E-state index in [2.05, 4.69) is 15.3 Å². The number of hydrogen-bond acceptors (Lipinski definition) is 5. The Bertz CT molecular complexity index is 1140. The maximum atomic E-state index is 13.2. The molecule has 1 unspecified atom stereocenters. The molecule has 186 valence electrons. The second kappa shape index (κ2) is 11.0. The van der Waals surface area contributed by atoms with E-state index >= 15 is 0 Å². The first-order chi connectivity index (χ1) is 17.1. The second-order valence-corrected chi connectivity index (χ2v) is 10.6. The van der Waals surface area contributed by atoms with Crippen LogP contribution in [0.15, 0.2) is 35.7 Å². The first kappa shape index (κ1) is 24.1.